The number of carboxylic acids is 1. The molecule has 0 saturated carbocycles. The van der Waals surface area contributed by atoms with Gasteiger partial charge in [-0.15, -0.1) is 0 Å². The fraction of sp³-hybridized carbons (Fsp3) is 0.118. The summed E-state index contributed by atoms with van der Waals surface area (Å²) in [5.74, 6) is 0.157. The number of nitrogens with zero attached hydrogens (tertiary/aromatic N) is 2. The summed E-state index contributed by atoms with van der Waals surface area (Å²) in [5, 5.41) is 15.3. The molecule has 0 atom stereocenters. The molecule has 0 radical (unpaired) electrons. The third kappa shape index (κ3) is 4.10. The molecule has 0 amide bonds. The Labute approximate surface area is 137 Å². The van der Waals surface area contributed by atoms with E-state index >= 15 is 0 Å². The van der Waals surface area contributed by atoms with Crippen LogP contribution >= 0.6 is 0 Å². The van der Waals surface area contributed by atoms with E-state index < -0.39 is 5.97 Å². The lowest BCUT2D eigenvalue weighted by Gasteiger charge is -2.08. The van der Waals surface area contributed by atoms with Gasteiger partial charge >= 0.3 is 5.97 Å². The van der Waals surface area contributed by atoms with Crippen molar-refractivity contribution in [3.63, 3.8) is 0 Å². The molecule has 0 unspecified atom stereocenters. The predicted molar refractivity (Wildman–Crippen MR) is 85.7 cm³/mol. The van der Waals surface area contributed by atoms with Crippen LogP contribution in [0.1, 0.15) is 5.56 Å². The minimum Gasteiger partial charge on any atom is -0.487 e. The Kier molecular flexibility index (Phi) is 4.71. The van der Waals surface area contributed by atoms with Crippen LogP contribution < -0.4 is 9.47 Å². The van der Waals surface area contributed by atoms with E-state index in [0.717, 1.165) is 17.0 Å². The van der Waals surface area contributed by atoms with Gasteiger partial charge in [0.1, 0.15) is 18.1 Å². The molecule has 0 bridgehead atoms. The zero-order chi connectivity index (χ0) is 16.8. The first-order valence-corrected chi connectivity index (χ1v) is 7.23. The van der Waals surface area contributed by atoms with Crippen LogP contribution in [0.25, 0.3) is 11.4 Å². The van der Waals surface area contributed by atoms with Gasteiger partial charge in [-0.1, -0.05) is 12.1 Å². The number of benzene rings is 1. The van der Waals surface area contributed by atoms with Gasteiger partial charge in [0.25, 0.3) is 0 Å². The van der Waals surface area contributed by atoms with Gasteiger partial charge in [0.15, 0.2) is 6.61 Å². The number of aromatic amines is 1. The molecule has 7 heteroatoms. The number of hydrogen-bond donors (Lipinski definition) is 2. The van der Waals surface area contributed by atoms with Crippen molar-refractivity contribution in [3.05, 3.63) is 60.4 Å². The minimum atomic E-state index is -1.01. The van der Waals surface area contributed by atoms with Crippen molar-refractivity contribution < 1.29 is 19.4 Å². The fourth-order valence-electron chi connectivity index (χ4n) is 2.02. The van der Waals surface area contributed by atoms with Crippen LogP contribution in [-0.2, 0) is 11.4 Å². The fourth-order valence-corrected chi connectivity index (χ4v) is 2.02. The van der Waals surface area contributed by atoms with Gasteiger partial charge < -0.3 is 14.6 Å². The van der Waals surface area contributed by atoms with Crippen LogP contribution in [0.2, 0.25) is 0 Å². The molecule has 7 nitrogen and oxygen atoms in total. The average molecular weight is 325 g/mol. The lowest BCUT2D eigenvalue weighted by molar-refractivity contribution is -0.139. The topological polar surface area (TPSA) is 97.3 Å². The molecule has 3 rings (SSSR count). The van der Waals surface area contributed by atoms with Crippen molar-refractivity contribution in [3.8, 4) is 22.9 Å². The number of H-pyrrole nitrogens is 1. The van der Waals surface area contributed by atoms with Gasteiger partial charge in [0, 0.05) is 6.20 Å². The van der Waals surface area contributed by atoms with Crippen molar-refractivity contribution in [2.75, 3.05) is 6.61 Å². The number of rotatable bonds is 7. The molecule has 3 aromatic rings. The van der Waals surface area contributed by atoms with Crippen molar-refractivity contribution in [1.82, 2.24) is 15.2 Å². The standard InChI is InChI=1S/C17H15N3O4/c21-17(22)11-24-13-3-1-12(2-4-13)10-23-14-5-6-15(18-9-14)16-7-8-19-20-16/h1-9H,10-11H2,(H,19,20)(H,21,22). The molecule has 122 valence electrons. The van der Waals surface area contributed by atoms with E-state index in [2.05, 4.69) is 15.2 Å². The van der Waals surface area contributed by atoms with E-state index in [-0.39, 0.29) is 6.61 Å². The first kappa shape index (κ1) is 15.5. The first-order valence-electron chi connectivity index (χ1n) is 7.23. The highest BCUT2D eigenvalue weighted by molar-refractivity contribution is 5.68. The summed E-state index contributed by atoms with van der Waals surface area (Å²) >= 11 is 0. The number of aromatic nitrogens is 3. The monoisotopic (exact) mass is 325 g/mol. The zero-order valence-corrected chi connectivity index (χ0v) is 12.7. The Morgan fingerprint density at radius 2 is 1.83 bits per heavy atom. The first-order chi connectivity index (χ1) is 11.7. The summed E-state index contributed by atoms with van der Waals surface area (Å²) in [4.78, 5) is 14.8. The van der Waals surface area contributed by atoms with Gasteiger partial charge in [-0.05, 0) is 35.9 Å². The van der Waals surface area contributed by atoms with Crippen LogP contribution in [0.5, 0.6) is 11.5 Å². The number of aliphatic carboxylic acids is 1. The Bertz CT molecular complexity index is 784. The summed E-state index contributed by atoms with van der Waals surface area (Å²) in [6.07, 6.45) is 3.33. The Balaban J connectivity index is 1.54. The SMILES string of the molecule is O=C(O)COc1ccc(COc2ccc(-c3ccn[nH]3)nc2)cc1. The molecule has 1 aromatic carbocycles. The maximum atomic E-state index is 10.4. The quantitative estimate of drug-likeness (QED) is 0.693. The highest BCUT2D eigenvalue weighted by atomic mass is 16.5. The van der Waals surface area contributed by atoms with Crippen molar-refractivity contribution >= 4 is 5.97 Å². The minimum absolute atomic E-state index is 0.357. The number of pyridine rings is 1. The lowest BCUT2D eigenvalue weighted by atomic mass is 10.2. The molecule has 0 saturated heterocycles. The highest BCUT2D eigenvalue weighted by Gasteiger charge is 2.03. The molecule has 0 spiro atoms. The molecule has 24 heavy (non-hydrogen) atoms. The molecular formula is C17H15N3O4. The third-order valence-electron chi connectivity index (χ3n) is 3.20. The van der Waals surface area contributed by atoms with E-state index in [1.165, 1.54) is 0 Å². The van der Waals surface area contributed by atoms with Crippen LogP contribution in [0.15, 0.2) is 54.9 Å². The normalized spacial score (nSPS) is 10.3. The van der Waals surface area contributed by atoms with E-state index in [9.17, 15) is 4.79 Å². The maximum Gasteiger partial charge on any atom is 0.341 e. The second kappa shape index (κ2) is 7.28. The van der Waals surface area contributed by atoms with Crippen molar-refractivity contribution in [2.24, 2.45) is 0 Å². The predicted octanol–water partition coefficient (Wildman–Crippen LogP) is 2.51. The van der Waals surface area contributed by atoms with Crippen LogP contribution in [0.4, 0.5) is 0 Å². The van der Waals surface area contributed by atoms with Crippen LogP contribution in [-0.4, -0.2) is 32.9 Å². The van der Waals surface area contributed by atoms with Gasteiger partial charge in [-0.25, -0.2) is 4.79 Å². The van der Waals surface area contributed by atoms with E-state index in [1.807, 2.05) is 30.3 Å². The summed E-state index contributed by atoms with van der Waals surface area (Å²) in [7, 11) is 0. The molecule has 0 fully saturated rings. The molecule has 2 aromatic heterocycles. The smallest absolute Gasteiger partial charge is 0.341 e. The molecule has 0 aliphatic carbocycles. The second-order valence-corrected chi connectivity index (χ2v) is 4.96. The number of hydrogen-bond acceptors (Lipinski definition) is 5. The second-order valence-electron chi connectivity index (χ2n) is 4.96. The van der Waals surface area contributed by atoms with Crippen LogP contribution in [0, 0.1) is 0 Å². The third-order valence-corrected chi connectivity index (χ3v) is 3.20. The Morgan fingerprint density at radius 3 is 2.46 bits per heavy atom. The largest absolute Gasteiger partial charge is 0.487 e. The summed E-state index contributed by atoms with van der Waals surface area (Å²) in [6.45, 7) is 0.0223. The van der Waals surface area contributed by atoms with E-state index in [0.29, 0.717) is 18.1 Å². The molecule has 2 N–H and O–H groups in total. The van der Waals surface area contributed by atoms with Gasteiger partial charge in [-0.3, -0.25) is 10.1 Å². The summed E-state index contributed by atoms with van der Waals surface area (Å²) in [6, 6.07) is 12.6. The number of nitrogens with one attached hydrogen (secondary N) is 1. The number of carbonyl (C=O) groups is 1. The number of carboxylic acid groups (broad SMARTS) is 1. The van der Waals surface area contributed by atoms with Gasteiger partial charge in [-0.2, -0.15) is 5.10 Å². The Morgan fingerprint density at radius 1 is 1.04 bits per heavy atom. The van der Waals surface area contributed by atoms with E-state index in [1.54, 1.807) is 24.5 Å². The van der Waals surface area contributed by atoms with Crippen molar-refractivity contribution in [2.45, 2.75) is 6.61 Å². The average Bonchev–Trinajstić information content (AvgIpc) is 3.14. The molecule has 2 heterocycles. The van der Waals surface area contributed by atoms with Crippen molar-refractivity contribution in [1.29, 1.82) is 0 Å². The molecule has 0 aliphatic rings. The lowest BCUT2D eigenvalue weighted by Crippen LogP contribution is -2.09. The highest BCUT2D eigenvalue weighted by Crippen LogP contribution is 2.18. The summed E-state index contributed by atoms with van der Waals surface area (Å²) < 4.78 is 10.8. The summed E-state index contributed by atoms with van der Waals surface area (Å²) in [5.41, 5.74) is 2.58. The molecule has 0 aliphatic heterocycles. The number of ether oxygens (including phenoxy) is 2. The zero-order valence-electron chi connectivity index (χ0n) is 12.7. The van der Waals surface area contributed by atoms with E-state index in [4.69, 9.17) is 14.6 Å². The Hall–Kier alpha value is -3.35. The van der Waals surface area contributed by atoms with Gasteiger partial charge in [0.05, 0.1) is 17.6 Å². The van der Waals surface area contributed by atoms with Gasteiger partial charge in [0.2, 0.25) is 0 Å². The maximum absolute atomic E-state index is 10.4. The molecular weight excluding hydrogens is 310 g/mol. The van der Waals surface area contributed by atoms with Crippen LogP contribution in [0.3, 0.4) is 0 Å².